The lowest BCUT2D eigenvalue weighted by Gasteiger charge is -2.13. The van der Waals surface area contributed by atoms with Crippen LogP contribution < -0.4 is 5.32 Å². The van der Waals surface area contributed by atoms with Crippen molar-refractivity contribution in [2.24, 2.45) is 0 Å². The van der Waals surface area contributed by atoms with Crippen molar-refractivity contribution in [3.05, 3.63) is 35.1 Å². The molecule has 1 unspecified atom stereocenters. The van der Waals surface area contributed by atoms with Gasteiger partial charge < -0.3 is 5.32 Å². The van der Waals surface area contributed by atoms with Gasteiger partial charge in [0.15, 0.2) is 0 Å². The zero-order valence-corrected chi connectivity index (χ0v) is 11.2. The van der Waals surface area contributed by atoms with Crippen LogP contribution in [0.1, 0.15) is 50.7 Å². The summed E-state index contributed by atoms with van der Waals surface area (Å²) in [5, 5.41) is 3.48. The van der Waals surface area contributed by atoms with Crippen LogP contribution in [0.2, 0.25) is 0 Å². The molecule has 0 saturated heterocycles. The molecule has 1 nitrogen and oxygen atoms in total. The van der Waals surface area contributed by atoms with Crippen molar-refractivity contribution in [1.82, 2.24) is 5.32 Å². The molecule has 2 heteroatoms. The molecular weight excluding hydrogens is 213 g/mol. The number of nitrogens with one attached hydrogen (secondary N) is 1. The van der Waals surface area contributed by atoms with Crippen LogP contribution >= 0.6 is 0 Å². The SMILES string of the molecule is CCCCCC(C)NCc1ccc(F)c(C)c1. The number of halogens is 1. The van der Waals surface area contributed by atoms with E-state index in [1.165, 1.54) is 25.7 Å². The fraction of sp³-hybridized carbons (Fsp3) is 0.600. The predicted molar refractivity (Wildman–Crippen MR) is 71.6 cm³/mol. The Hall–Kier alpha value is -0.890. The van der Waals surface area contributed by atoms with Gasteiger partial charge in [0.25, 0.3) is 0 Å². The molecular formula is C15H24FN. The van der Waals surface area contributed by atoms with E-state index in [0.29, 0.717) is 6.04 Å². The predicted octanol–water partition coefficient (Wildman–Crippen LogP) is 4.19. The van der Waals surface area contributed by atoms with Crippen molar-refractivity contribution in [3.63, 3.8) is 0 Å². The summed E-state index contributed by atoms with van der Waals surface area (Å²) >= 11 is 0. The number of unbranched alkanes of at least 4 members (excludes halogenated alkanes) is 2. The third-order valence-electron chi connectivity index (χ3n) is 3.12. The molecule has 0 aliphatic carbocycles. The first-order valence-electron chi connectivity index (χ1n) is 6.62. The molecule has 1 rings (SSSR count). The second-order valence-corrected chi connectivity index (χ2v) is 4.86. The molecule has 0 fully saturated rings. The van der Waals surface area contributed by atoms with Crippen LogP contribution in [0.15, 0.2) is 18.2 Å². The molecule has 0 aromatic heterocycles. The van der Waals surface area contributed by atoms with Crippen LogP contribution in [-0.2, 0) is 6.54 Å². The summed E-state index contributed by atoms with van der Waals surface area (Å²) in [4.78, 5) is 0. The lowest BCUT2D eigenvalue weighted by atomic mass is 10.1. The first-order chi connectivity index (χ1) is 8.13. The summed E-state index contributed by atoms with van der Waals surface area (Å²) in [6.07, 6.45) is 5.08. The highest BCUT2D eigenvalue weighted by Crippen LogP contribution is 2.10. The molecule has 1 aromatic rings. The van der Waals surface area contributed by atoms with E-state index >= 15 is 0 Å². The fourth-order valence-corrected chi connectivity index (χ4v) is 1.91. The first-order valence-corrected chi connectivity index (χ1v) is 6.62. The van der Waals surface area contributed by atoms with Crippen molar-refractivity contribution >= 4 is 0 Å². The summed E-state index contributed by atoms with van der Waals surface area (Å²) in [6, 6.07) is 5.86. The van der Waals surface area contributed by atoms with Gasteiger partial charge >= 0.3 is 0 Å². The average molecular weight is 237 g/mol. The Morgan fingerprint density at radius 3 is 2.71 bits per heavy atom. The third-order valence-corrected chi connectivity index (χ3v) is 3.12. The average Bonchev–Trinajstić information content (AvgIpc) is 2.31. The molecule has 96 valence electrons. The van der Waals surface area contributed by atoms with Gasteiger partial charge in [-0.1, -0.05) is 38.3 Å². The quantitative estimate of drug-likeness (QED) is 0.701. The molecule has 17 heavy (non-hydrogen) atoms. The Morgan fingerprint density at radius 1 is 1.29 bits per heavy atom. The van der Waals surface area contributed by atoms with Crippen LogP contribution in [-0.4, -0.2) is 6.04 Å². The van der Waals surface area contributed by atoms with Gasteiger partial charge in [0.2, 0.25) is 0 Å². The Labute approximate surface area is 104 Å². The Kier molecular flexibility index (Phi) is 6.20. The molecule has 0 radical (unpaired) electrons. The van der Waals surface area contributed by atoms with E-state index in [-0.39, 0.29) is 5.82 Å². The number of benzene rings is 1. The van der Waals surface area contributed by atoms with Crippen molar-refractivity contribution < 1.29 is 4.39 Å². The van der Waals surface area contributed by atoms with Gasteiger partial charge in [-0.05, 0) is 37.5 Å². The number of hydrogen-bond donors (Lipinski definition) is 1. The lowest BCUT2D eigenvalue weighted by Crippen LogP contribution is -2.25. The van der Waals surface area contributed by atoms with Gasteiger partial charge in [-0.3, -0.25) is 0 Å². The Morgan fingerprint density at radius 2 is 2.06 bits per heavy atom. The van der Waals surface area contributed by atoms with Crippen molar-refractivity contribution in [2.75, 3.05) is 0 Å². The normalized spacial score (nSPS) is 12.7. The van der Waals surface area contributed by atoms with Gasteiger partial charge in [0.05, 0.1) is 0 Å². The molecule has 1 aromatic carbocycles. The van der Waals surface area contributed by atoms with E-state index in [4.69, 9.17) is 0 Å². The minimum absolute atomic E-state index is 0.121. The van der Waals surface area contributed by atoms with E-state index in [9.17, 15) is 4.39 Å². The van der Waals surface area contributed by atoms with E-state index in [0.717, 1.165) is 17.7 Å². The molecule has 1 atom stereocenters. The third kappa shape index (κ3) is 5.31. The monoisotopic (exact) mass is 237 g/mol. The van der Waals surface area contributed by atoms with Crippen LogP contribution in [0.5, 0.6) is 0 Å². The van der Waals surface area contributed by atoms with E-state index in [1.807, 2.05) is 19.1 Å². The Balaban J connectivity index is 2.31. The minimum atomic E-state index is -0.121. The largest absolute Gasteiger partial charge is 0.310 e. The summed E-state index contributed by atoms with van der Waals surface area (Å²) < 4.78 is 13.1. The smallest absolute Gasteiger partial charge is 0.126 e. The van der Waals surface area contributed by atoms with Gasteiger partial charge in [-0.25, -0.2) is 4.39 Å². The van der Waals surface area contributed by atoms with Crippen molar-refractivity contribution in [1.29, 1.82) is 0 Å². The maximum atomic E-state index is 13.1. The fourth-order valence-electron chi connectivity index (χ4n) is 1.91. The second-order valence-electron chi connectivity index (χ2n) is 4.86. The summed E-state index contributed by atoms with van der Waals surface area (Å²) in [6.45, 7) is 7.07. The summed E-state index contributed by atoms with van der Waals surface area (Å²) in [5.41, 5.74) is 1.88. The number of aryl methyl sites for hydroxylation is 1. The minimum Gasteiger partial charge on any atom is -0.310 e. The maximum Gasteiger partial charge on any atom is 0.126 e. The molecule has 0 aliphatic rings. The highest BCUT2D eigenvalue weighted by Gasteiger charge is 2.03. The molecule has 0 bridgehead atoms. The highest BCUT2D eigenvalue weighted by molar-refractivity contribution is 5.23. The van der Waals surface area contributed by atoms with Crippen LogP contribution in [0, 0.1) is 12.7 Å². The summed E-state index contributed by atoms with van der Waals surface area (Å²) in [5.74, 6) is -0.121. The van der Waals surface area contributed by atoms with Crippen molar-refractivity contribution in [2.45, 2.75) is 59.0 Å². The lowest BCUT2D eigenvalue weighted by molar-refractivity contribution is 0.487. The van der Waals surface area contributed by atoms with Gasteiger partial charge in [0.1, 0.15) is 5.82 Å². The molecule has 0 spiro atoms. The van der Waals surface area contributed by atoms with E-state index in [2.05, 4.69) is 19.2 Å². The van der Waals surface area contributed by atoms with Crippen molar-refractivity contribution in [3.8, 4) is 0 Å². The molecule has 0 aliphatic heterocycles. The van der Waals surface area contributed by atoms with Crippen LogP contribution in [0.4, 0.5) is 4.39 Å². The zero-order valence-electron chi connectivity index (χ0n) is 11.2. The highest BCUT2D eigenvalue weighted by atomic mass is 19.1. The van der Waals surface area contributed by atoms with Crippen LogP contribution in [0.25, 0.3) is 0 Å². The van der Waals surface area contributed by atoms with Gasteiger partial charge in [-0.2, -0.15) is 0 Å². The summed E-state index contributed by atoms with van der Waals surface area (Å²) in [7, 11) is 0. The van der Waals surface area contributed by atoms with Crippen LogP contribution in [0.3, 0.4) is 0 Å². The standard InChI is InChI=1S/C15H24FN/c1-4-5-6-7-13(3)17-11-14-8-9-15(16)12(2)10-14/h8-10,13,17H,4-7,11H2,1-3H3. The van der Waals surface area contributed by atoms with Gasteiger partial charge in [-0.15, -0.1) is 0 Å². The molecule has 0 saturated carbocycles. The first kappa shape index (κ1) is 14.2. The maximum absolute atomic E-state index is 13.1. The van der Waals surface area contributed by atoms with E-state index < -0.39 is 0 Å². The molecule has 0 heterocycles. The van der Waals surface area contributed by atoms with E-state index in [1.54, 1.807) is 6.07 Å². The molecule has 1 N–H and O–H groups in total. The van der Waals surface area contributed by atoms with Gasteiger partial charge in [0, 0.05) is 12.6 Å². The Bertz CT molecular complexity index is 336. The number of rotatable bonds is 7. The molecule has 0 amide bonds. The number of hydrogen-bond acceptors (Lipinski definition) is 1. The zero-order chi connectivity index (χ0) is 12.7. The second kappa shape index (κ2) is 7.44. The topological polar surface area (TPSA) is 12.0 Å².